The molecule has 0 saturated carbocycles. The highest BCUT2D eigenvalue weighted by Gasteiger charge is 1.76. The SMILES string of the molecule is [2H]c1ncncc1Br. The van der Waals surface area contributed by atoms with Crippen LogP contribution in [-0.2, 0) is 0 Å². The number of nitrogens with zero attached hydrogens (tertiary/aromatic N) is 2. The van der Waals surface area contributed by atoms with Crippen LogP contribution < -0.4 is 0 Å². The molecular weight excluding hydrogens is 156 g/mol. The molecule has 0 N–H and O–H groups in total. The van der Waals surface area contributed by atoms with Gasteiger partial charge in [0.05, 0.1) is 5.84 Å². The van der Waals surface area contributed by atoms with Crippen LogP contribution in [-0.4, -0.2) is 9.97 Å². The summed E-state index contributed by atoms with van der Waals surface area (Å²) in [5.41, 5.74) is 0. The molecule has 0 saturated heterocycles. The minimum Gasteiger partial charge on any atom is -0.244 e. The first kappa shape index (κ1) is 3.55. The van der Waals surface area contributed by atoms with Crippen LogP contribution in [0.2, 0.25) is 0 Å². The zero-order valence-electron chi connectivity index (χ0n) is 4.43. The molecule has 36 valence electrons. The van der Waals surface area contributed by atoms with Crippen molar-refractivity contribution in [2.75, 3.05) is 0 Å². The normalized spacial score (nSPS) is 10.7. The van der Waals surface area contributed by atoms with Crippen molar-refractivity contribution in [2.45, 2.75) is 0 Å². The molecule has 7 heavy (non-hydrogen) atoms. The fourth-order valence-corrected chi connectivity index (χ4v) is 0.472. The molecule has 2 nitrogen and oxygen atoms in total. The Labute approximate surface area is 51.1 Å². The summed E-state index contributed by atoms with van der Waals surface area (Å²) in [5.74, 6) is 0. The van der Waals surface area contributed by atoms with Crippen molar-refractivity contribution < 1.29 is 1.37 Å². The van der Waals surface area contributed by atoms with Gasteiger partial charge in [0.25, 0.3) is 0 Å². The van der Waals surface area contributed by atoms with Gasteiger partial charge >= 0.3 is 0 Å². The average molecular weight is 160 g/mol. The van der Waals surface area contributed by atoms with E-state index in [1.807, 2.05) is 0 Å². The molecule has 0 aliphatic heterocycles. The molecule has 1 aromatic heterocycles. The molecule has 0 amide bonds. The van der Waals surface area contributed by atoms with Gasteiger partial charge < -0.3 is 0 Å². The summed E-state index contributed by atoms with van der Waals surface area (Å²) in [6.45, 7) is 0. The molecule has 0 aromatic carbocycles. The predicted octanol–water partition coefficient (Wildman–Crippen LogP) is 1.24. The minimum absolute atomic E-state index is 0.222. The first-order valence-corrected chi connectivity index (χ1v) is 2.52. The van der Waals surface area contributed by atoms with Crippen LogP contribution in [0.5, 0.6) is 0 Å². The summed E-state index contributed by atoms with van der Waals surface area (Å²) < 4.78 is 7.65. The molecule has 0 fully saturated rings. The highest BCUT2D eigenvalue weighted by atomic mass is 79.9. The van der Waals surface area contributed by atoms with E-state index in [1.165, 1.54) is 12.5 Å². The molecule has 1 rings (SSSR count). The highest BCUT2D eigenvalue weighted by molar-refractivity contribution is 9.10. The fraction of sp³-hybridized carbons (Fsp3) is 0. The number of halogens is 1. The Morgan fingerprint density at radius 3 is 3.00 bits per heavy atom. The quantitative estimate of drug-likeness (QED) is 0.570. The molecule has 0 unspecified atom stereocenters. The molecule has 0 spiro atoms. The summed E-state index contributed by atoms with van der Waals surface area (Å²) in [4.78, 5) is 7.25. The highest BCUT2D eigenvalue weighted by Crippen LogP contribution is 2.00. The third-order valence-electron chi connectivity index (χ3n) is 0.484. The summed E-state index contributed by atoms with van der Waals surface area (Å²) in [6, 6.07) is 0. The van der Waals surface area contributed by atoms with Crippen molar-refractivity contribution >= 4 is 15.9 Å². The fourth-order valence-electron chi connectivity index (χ4n) is 0.252. The van der Waals surface area contributed by atoms with Gasteiger partial charge in [-0.3, -0.25) is 0 Å². The van der Waals surface area contributed by atoms with E-state index in [2.05, 4.69) is 25.9 Å². The predicted molar refractivity (Wildman–Crippen MR) is 29.7 cm³/mol. The van der Waals surface area contributed by atoms with Crippen LogP contribution in [0.25, 0.3) is 0 Å². The summed E-state index contributed by atoms with van der Waals surface area (Å²) in [5, 5.41) is 0. The minimum atomic E-state index is 0.222. The van der Waals surface area contributed by atoms with E-state index in [1.54, 1.807) is 0 Å². The van der Waals surface area contributed by atoms with E-state index < -0.39 is 0 Å². The number of hydrogen-bond acceptors (Lipinski definition) is 2. The summed E-state index contributed by atoms with van der Waals surface area (Å²) in [7, 11) is 0. The Bertz CT molecular complexity index is 170. The number of aromatic nitrogens is 2. The van der Waals surface area contributed by atoms with Gasteiger partial charge in [-0.1, -0.05) is 0 Å². The van der Waals surface area contributed by atoms with Gasteiger partial charge in [0.2, 0.25) is 0 Å². The molecule has 0 aliphatic rings. The average Bonchev–Trinajstić information content (AvgIpc) is 1.77. The van der Waals surface area contributed by atoms with Crippen LogP contribution in [0.1, 0.15) is 1.37 Å². The van der Waals surface area contributed by atoms with Crippen LogP contribution >= 0.6 is 15.9 Å². The zero-order chi connectivity index (χ0) is 5.98. The van der Waals surface area contributed by atoms with Crippen molar-refractivity contribution in [1.29, 1.82) is 0 Å². The van der Waals surface area contributed by atoms with E-state index >= 15 is 0 Å². The maximum Gasteiger partial charge on any atom is 0.115 e. The van der Waals surface area contributed by atoms with E-state index in [-0.39, 0.29) is 6.17 Å². The van der Waals surface area contributed by atoms with E-state index in [9.17, 15) is 0 Å². The van der Waals surface area contributed by atoms with Crippen molar-refractivity contribution in [3.8, 4) is 0 Å². The zero-order valence-corrected chi connectivity index (χ0v) is 5.01. The molecule has 1 aromatic rings. The lowest BCUT2D eigenvalue weighted by Crippen LogP contribution is -1.71. The van der Waals surface area contributed by atoms with Crippen LogP contribution in [0.15, 0.2) is 23.2 Å². The van der Waals surface area contributed by atoms with Crippen molar-refractivity contribution in [1.82, 2.24) is 9.97 Å². The van der Waals surface area contributed by atoms with Crippen LogP contribution in [0, 0.1) is 0 Å². The number of rotatable bonds is 0. The second-order valence-corrected chi connectivity index (χ2v) is 1.84. The topological polar surface area (TPSA) is 25.8 Å². The third-order valence-corrected chi connectivity index (χ3v) is 0.866. The van der Waals surface area contributed by atoms with Crippen molar-refractivity contribution in [2.24, 2.45) is 0 Å². The lowest BCUT2D eigenvalue weighted by molar-refractivity contribution is 1.15. The molecular formula is C4H3BrN2. The van der Waals surface area contributed by atoms with Crippen LogP contribution in [0.4, 0.5) is 0 Å². The Balaban J connectivity index is 3.13. The van der Waals surface area contributed by atoms with Gasteiger partial charge in [0.1, 0.15) is 6.33 Å². The number of hydrogen-bond donors (Lipinski definition) is 0. The Kier molecular flexibility index (Phi) is 1.03. The molecule has 0 atom stereocenters. The molecule has 0 bridgehead atoms. The maximum absolute atomic E-state index is 7.02. The van der Waals surface area contributed by atoms with E-state index in [0.29, 0.717) is 4.47 Å². The smallest absolute Gasteiger partial charge is 0.115 e. The Hall–Kier alpha value is -0.440. The second-order valence-electron chi connectivity index (χ2n) is 0.982. The Morgan fingerprint density at radius 1 is 1.71 bits per heavy atom. The molecule has 3 heteroatoms. The summed E-state index contributed by atoms with van der Waals surface area (Å²) in [6.07, 6.45) is 3.10. The van der Waals surface area contributed by atoms with Gasteiger partial charge in [0.15, 0.2) is 0 Å². The van der Waals surface area contributed by atoms with Crippen molar-refractivity contribution in [3.05, 3.63) is 23.2 Å². The lowest BCUT2D eigenvalue weighted by Gasteiger charge is -1.79. The second kappa shape index (κ2) is 2.02. The van der Waals surface area contributed by atoms with E-state index in [0.717, 1.165) is 0 Å². The molecule has 0 radical (unpaired) electrons. The largest absolute Gasteiger partial charge is 0.244 e. The summed E-state index contributed by atoms with van der Waals surface area (Å²) >= 11 is 3.08. The first-order chi connectivity index (χ1) is 3.80. The van der Waals surface area contributed by atoms with Gasteiger partial charge in [-0.2, -0.15) is 0 Å². The van der Waals surface area contributed by atoms with Crippen LogP contribution in [0.3, 0.4) is 0 Å². The van der Waals surface area contributed by atoms with Gasteiger partial charge in [-0.15, -0.1) is 0 Å². The van der Waals surface area contributed by atoms with Gasteiger partial charge in [-0.25, -0.2) is 9.97 Å². The third kappa shape index (κ3) is 1.23. The van der Waals surface area contributed by atoms with E-state index in [4.69, 9.17) is 1.37 Å². The van der Waals surface area contributed by atoms with Gasteiger partial charge in [-0.05, 0) is 15.9 Å². The molecule has 0 aliphatic carbocycles. The first-order valence-electron chi connectivity index (χ1n) is 2.23. The lowest BCUT2D eigenvalue weighted by atomic mass is 10.7. The van der Waals surface area contributed by atoms with Crippen molar-refractivity contribution in [3.63, 3.8) is 0 Å². The Morgan fingerprint density at radius 2 is 2.57 bits per heavy atom. The molecule has 1 heterocycles. The van der Waals surface area contributed by atoms with Gasteiger partial charge in [0, 0.05) is 12.4 Å². The monoisotopic (exact) mass is 159 g/mol. The standard InChI is InChI=1S/C4H3BrN2/c5-4-1-6-3-7-2-4/h1-3H/i1D. The maximum atomic E-state index is 7.02.